The number of fused-ring (bicyclic) bond motifs is 1. The maximum absolute atomic E-state index is 4.80. The number of nitrogens with one attached hydrogen (secondary N) is 2. The third-order valence-corrected chi connectivity index (χ3v) is 4.59. The second-order valence-electron chi connectivity index (χ2n) is 7.64. The van der Waals surface area contributed by atoms with E-state index in [1.807, 2.05) is 44.4 Å². The molecule has 0 amide bonds. The van der Waals surface area contributed by atoms with E-state index in [1.54, 1.807) is 0 Å². The lowest BCUT2D eigenvalue weighted by molar-refractivity contribution is 0.565. The smallest absolute Gasteiger partial charge is 0.155 e. The van der Waals surface area contributed by atoms with Gasteiger partial charge in [-0.25, -0.2) is 9.97 Å². The van der Waals surface area contributed by atoms with Crippen molar-refractivity contribution >= 4 is 11.5 Å². The van der Waals surface area contributed by atoms with Gasteiger partial charge in [0.05, 0.1) is 29.5 Å². The Morgan fingerprint density at radius 1 is 1.15 bits per heavy atom. The van der Waals surface area contributed by atoms with Gasteiger partial charge >= 0.3 is 0 Å². The lowest BCUT2D eigenvalue weighted by Gasteiger charge is -2.17. The molecule has 1 atom stereocenters. The van der Waals surface area contributed by atoms with Crippen LogP contribution in [0.2, 0.25) is 0 Å². The number of pyridine rings is 1. The number of imidazole rings is 1. The lowest BCUT2D eigenvalue weighted by Crippen LogP contribution is -2.22. The van der Waals surface area contributed by atoms with Crippen molar-refractivity contribution in [2.45, 2.75) is 52.5 Å². The van der Waals surface area contributed by atoms with E-state index in [-0.39, 0.29) is 5.41 Å². The molecule has 27 heavy (non-hydrogen) atoms. The maximum atomic E-state index is 4.80. The predicted molar refractivity (Wildman–Crippen MR) is 111 cm³/mol. The number of rotatable bonds is 3. The van der Waals surface area contributed by atoms with E-state index in [1.165, 1.54) is 0 Å². The van der Waals surface area contributed by atoms with Crippen LogP contribution in [0.3, 0.4) is 0 Å². The molecule has 4 heterocycles. The Hall–Kier alpha value is -2.47. The van der Waals surface area contributed by atoms with Gasteiger partial charge in [0.15, 0.2) is 5.65 Å². The Morgan fingerprint density at radius 2 is 1.96 bits per heavy atom. The van der Waals surface area contributed by atoms with Gasteiger partial charge < -0.3 is 10.6 Å². The van der Waals surface area contributed by atoms with Gasteiger partial charge in [0.1, 0.15) is 5.82 Å². The third-order valence-electron chi connectivity index (χ3n) is 4.59. The van der Waals surface area contributed by atoms with Gasteiger partial charge in [0.25, 0.3) is 0 Å². The summed E-state index contributed by atoms with van der Waals surface area (Å²) in [4.78, 5) is 13.8. The molecule has 0 spiro atoms. The summed E-state index contributed by atoms with van der Waals surface area (Å²) < 4.78 is 2.08. The normalized spacial score (nSPS) is 16.9. The zero-order valence-corrected chi connectivity index (χ0v) is 17.0. The Kier molecular flexibility index (Phi) is 5.75. The molecule has 1 fully saturated rings. The highest BCUT2D eigenvalue weighted by atomic mass is 15.1. The molecule has 0 saturated carbocycles. The van der Waals surface area contributed by atoms with Gasteiger partial charge in [-0.2, -0.15) is 0 Å². The minimum atomic E-state index is -0.0119. The van der Waals surface area contributed by atoms with Gasteiger partial charge in [0.2, 0.25) is 0 Å². The van der Waals surface area contributed by atoms with E-state index < -0.39 is 0 Å². The maximum Gasteiger partial charge on any atom is 0.155 e. The predicted octanol–water partition coefficient (Wildman–Crippen LogP) is 3.89. The standard InChI is InChI=1S/C19H24N6.C2H6/c1-19(2,3)16-12-25-15(10-22-18(25)11-21-16)14-5-4-6-17(24-14)23-13-7-8-20-9-13;1-2/h4-6,10-13,20H,7-9H2,1-3H3,(H,23,24);1-2H3. The van der Waals surface area contributed by atoms with Crippen LogP contribution >= 0.6 is 0 Å². The molecule has 0 bridgehead atoms. The van der Waals surface area contributed by atoms with Crippen LogP contribution in [0.25, 0.3) is 17.0 Å². The Balaban J connectivity index is 0.00000102. The van der Waals surface area contributed by atoms with E-state index >= 15 is 0 Å². The van der Waals surface area contributed by atoms with Crippen LogP contribution in [0.1, 0.15) is 46.7 Å². The number of anilines is 1. The summed E-state index contributed by atoms with van der Waals surface area (Å²) in [6, 6.07) is 6.53. The quantitative estimate of drug-likeness (QED) is 0.736. The molecule has 0 radical (unpaired) electrons. The number of hydrogen-bond donors (Lipinski definition) is 2. The van der Waals surface area contributed by atoms with Crippen LogP contribution in [0.4, 0.5) is 5.82 Å². The second-order valence-corrected chi connectivity index (χ2v) is 7.64. The minimum absolute atomic E-state index is 0.0119. The first-order chi connectivity index (χ1) is 13.0. The first kappa shape index (κ1) is 19.3. The Morgan fingerprint density at radius 3 is 2.67 bits per heavy atom. The molecule has 2 N–H and O–H groups in total. The first-order valence-electron chi connectivity index (χ1n) is 9.79. The molecule has 1 aliphatic heterocycles. The molecule has 6 nitrogen and oxygen atoms in total. The summed E-state index contributed by atoms with van der Waals surface area (Å²) in [6.07, 6.45) is 6.89. The van der Waals surface area contributed by atoms with Crippen molar-refractivity contribution in [3.8, 4) is 11.4 Å². The van der Waals surface area contributed by atoms with Crippen molar-refractivity contribution in [3.63, 3.8) is 0 Å². The van der Waals surface area contributed by atoms with E-state index in [9.17, 15) is 0 Å². The molecule has 0 aromatic carbocycles. The van der Waals surface area contributed by atoms with E-state index in [0.29, 0.717) is 6.04 Å². The third kappa shape index (κ3) is 4.27. The molecular weight excluding hydrogens is 336 g/mol. The fourth-order valence-electron chi connectivity index (χ4n) is 3.11. The summed E-state index contributed by atoms with van der Waals surface area (Å²) in [5.74, 6) is 0.909. The highest BCUT2D eigenvalue weighted by Crippen LogP contribution is 2.24. The van der Waals surface area contributed by atoms with Crippen molar-refractivity contribution < 1.29 is 0 Å². The van der Waals surface area contributed by atoms with Gasteiger partial charge in [0, 0.05) is 24.2 Å². The Bertz CT molecular complexity index is 887. The summed E-state index contributed by atoms with van der Waals surface area (Å²) in [5, 5.41) is 6.88. The van der Waals surface area contributed by atoms with Crippen molar-refractivity contribution in [2.24, 2.45) is 0 Å². The van der Waals surface area contributed by atoms with Gasteiger partial charge in [-0.05, 0) is 25.1 Å². The van der Waals surface area contributed by atoms with Crippen molar-refractivity contribution in [1.82, 2.24) is 24.7 Å². The zero-order valence-electron chi connectivity index (χ0n) is 17.0. The molecule has 0 aliphatic carbocycles. The molecule has 1 aliphatic rings. The van der Waals surface area contributed by atoms with Crippen LogP contribution in [-0.4, -0.2) is 38.5 Å². The van der Waals surface area contributed by atoms with Crippen LogP contribution < -0.4 is 10.6 Å². The topological polar surface area (TPSA) is 67.1 Å². The van der Waals surface area contributed by atoms with Gasteiger partial charge in [-0.15, -0.1) is 0 Å². The number of hydrogen-bond acceptors (Lipinski definition) is 5. The molecule has 144 valence electrons. The van der Waals surface area contributed by atoms with Crippen molar-refractivity contribution in [1.29, 1.82) is 0 Å². The highest BCUT2D eigenvalue weighted by molar-refractivity contribution is 5.61. The monoisotopic (exact) mass is 366 g/mol. The fraction of sp³-hybridized carbons (Fsp3) is 0.476. The lowest BCUT2D eigenvalue weighted by atomic mass is 9.93. The summed E-state index contributed by atoms with van der Waals surface area (Å²) in [7, 11) is 0. The van der Waals surface area contributed by atoms with E-state index in [4.69, 9.17) is 4.98 Å². The van der Waals surface area contributed by atoms with Crippen LogP contribution in [0, 0.1) is 0 Å². The molecule has 4 rings (SSSR count). The highest BCUT2D eigenvalue weighted by Gasteiger charge is 2.18. The van der Waals surface area contributed by atoms with Gasteiger partial charge in [-0.1, -0.05) is 40.7 Å². The fourth-order valence-corrected chi connectivity index (χ4v) is 3.11. The summed E-state index contributed by atoms with van der Waals surface area (Å²) in [5.41, 5.74) is 3.75. The summed E-state index contributed by atoms with van der Waals surface area (Å²) >= 11 is 0. The molecule has 3 aromatic rings. The van der Waals surface area contributed by atoms with Crippen molar-refractivity contribution in [2.75, 3.05) is 18.4 Å². The number of aromatic nitrogens is 4. The number of nitrogens with zero attached hydrogens (tertiary/aromatic N) is 4. The minimum Gasteiger partial charge on any atom is -0.366 e. The average Bonchev–Trinajstić information content (AvgIpc) is 3.32. The largest absolute Gasteiger partial charge is 0.366 e. The van der Waals surface area contributed by atoms with Crippen molar-refractivity contribution in [3.05, 3.63) is 42.5 Å². The average molecular weight is 367 g/mol. The first-order valence-corrected chi connectivity index (χ1v) is 9.79. The molecule has 1 unspecified atom stereocenters. The Labute approximate surface area is 161 Å². The van der Waals surface area contributed by atoms with Crippen LogP contribution in [-0.2, 0) is 5.41 Å². The van der Waals surface area contributed by atoms with E-state index in [2.05, 4.69) is 52.0 Å². The summed E-state index contributed by atoms with van der Waals surface area (Å²) in [6.45, 7) is 12.5. The van der Waals surface area contributed by atoms with Crippen LogP contribution in [0.5, 0.6) is 0 Å². The molecular formula is C21H30N6. The SMILES string of the molecule is CC.CC(C)(C)c1cn2c(-c3cccc(NC4CCNC4)n3)cnc2cn1. The second kappa shape index (κ2) is 8.05. The molecule has 3 aromatic heterocycles. The molecule has 6 heteroatoms. The molecule has 1 saturated heterocycles. The van der Waals surface area contributed by atoms with Gasteiger partial charge in [-0.3, -0.25) is 9.38 Å². The zero-order chi connectivity index (χ0) is 19.4. The van der Waals surface area contributed by atoms with Crippen LogP contribution in [0.15, 0.2) is 36.8 Å². The van der Waals surface area contributed by atoms with E-state index in [0.717, 1.165) is 48.1 Å².